The highest BCUT2D eigenvalue weighted by Gasteiger charge is 2.09. The molecular weight excluding hydrogens is 200 g/mol. The van der Waals surface area contributed by atoms with Gasteiger partial charge in [0.05, 0.1) is 12.3 Å². The van der Waals surface area contributed by atoms with Gasteiger partial charge in [0, 0.05) is 18.4 Å². The third-order valence-corrected chi connectivity index (χ3v) is 2.24. The van der Waals surface area contributed by atoms with E-state index in [0.717, 1.165) is 17.1 Å². The first kappa shape index (κ1) is 12.8. The third-order valence-electron chi connectivity index (χ3n) is 2.24. The van der Waals surface area contributed by atoms with Gasteiger partial charge < -0.3 is 4.74 Å². The fourth-order valence-corrected chi connectivity index (χ4v) is 1.49. The Morgan fingerprint density at radius 2 is 2.19 bits per heavy atom. The predicted octanol–water partition coefficient (Wildman–Crippen LogP) is 3.17. The number of allylic oxidation sites excluding steroid dienone is 1. The molecule has 0 aliphatic rings. The van der Waals surface area contributed by atoms with E-state index < -0.39 is 0 Å². The summed E-state index contributed by atoms with van der Waals surface area (Å²) in [5.74, 6) is 1.16. The van der Waals surface area contributed by atoms with Gasteiger partial charge in [0.1, 0.15) is 0 Å². The molecule has 1 aromatic heterocycles. The van der Waals surface area contributed by atoms with Crippen LogP contribution in [0.5, 0.6) is 0 Å². The molecule has 0 radical (unpaired) electrons. The lowest BCUT2D eigenvalue weighted by atomic mass is 10.1. The minimum atomic E-state index is 0.391. The van der Waals surface area contributed by atoms with E-state index >= 15 is 0 Å². The standard InChI is InChI=1S/C13H20N2O/c1-5-7-12-14-8-11(9-16-6-2)13(15-12)10(3)4/h5,7-8,10H,6,9H2,1-4H3/b7-5-. The molecule has 0 N–H and O–H groups in total. The van der Waals surface area contributed by atoms with Gasteiger partial charge in [-0.05, 0) is 25.8 Å². The molecular formula is C13H20N2O. The van der Waals surface area contributed by atoms with Crippen LogP contribution in [-0.4, -0.2) is 16.6 Å². The lowest BCUT2D eigenvalue weighted by Crippen LogP contribution is -2.05. The Morgan fingerprint density at radius 3 is 2.75 bits per heavy atom. The molecule has 0 unspecified atom stereocenters. The molecule has 0 spiro atoms. The molecule has 0 saturated carbocycles. The van der Waals surface area contributed by atoms with Gasteiger partial charge in [0.25, 0.3) is 0 Å². The first-order valence-corrected chi connectivity index (χ1v) is 5.75. The van der Waals surface area contributed by atoms with Crippen molar-refractivity contribution in [3.05, 3.63) is 29.4 Å². The Kier molecular flexibility index (Phi) is 5.12. The smallest absolute Gasteiger partial charge is 0.151 e. The summed E-state index contributed by atoms with van der Waals surface area (Å²) in [6.07, 6.45) is 5.73. The summed E-state index contributed by atoms with van der Waals surface area (Å²) in [7, 11) is 0. The molecule has 0 atom stereocenters. The molecule has 3 heteroatoms. The summed E-state index contributed by atoms with van der Waals surface area (Å²) in [6, 6.07) is 0. The van der Waals surface area contributed by atoms with Gasteiger partial charge in [0.15, 0.2) is 5.82 Å². The highest BCUT2D eigenvalue weighted by Crippen LogP contribution is 2.17. The third kappa shape index (κ3) is 3.42. The molecule has 0 amide bonds. The summed E-state index contributed by atoms with van der Waals surface area (Å²) in [6.45, 7) is 9.54. The van der Waals surface area contributed by atoms with Crippen LogP contribution in [0.4, 0.5) is 0 Å². The van der Waals surface area contributed by atoms with Gasteiger partial charge in [0.2, 0.25) is 0 Å². The van der Waals surface area contributed by atoms with Crippen molar-refractivity contribution in [3.8, 4) is 0 Å². The molecule has 0 aliphatic carbocycles. The van der Waals surface area contributed by atoms with Crippen LogP contribution < -0.4 is 0 Å². The molecule has 16 heavy (non-hydrogen) atoms. The molecule has 88 valence electrons. The summed E-state index contributed by atoms with van der Waals surface area (Å²) in [4.78, 5) is 8.82. The lowest BCUT2D eigenvalue weighted by Gasteiger charge is -2.11. The minimum absolute atomic E-state index is 0.391. The first-order chi connectivity index (χ1) is 7.69. The van der Waals surface area contributed by atoms with Crippen LogP contribution in [0.3, 0.4) is 0 Å². The number of hydrogen-bond donors (Lipinski definition) is 0. The Hall–Kier alpha value is -1.22. The van der Waals surface area contributed by atoms with Crippen molar-refractivity contribution in [1.29, 1.82) is 0 Å². The van der Waals surface area contributed by atoms with Gasteiger partial charge >= 0.3 is 0 Å². The van der Waals surface area contributed by atoms with Crippen LogP contribution in [0.2, 0.25) is 0 Å². The van der Waals surface area contributed by atoms with Crippen LogP contribution in [0.25, 0.3) is 6.08 Å². The second kappa shape index (κ2) is 6.38. The van der Waals surface area contributed by atoms with Crippen LogP contribution in [0, 0.1) is 0 Å². The number of ether oxygens (including phenoxy) is 1. The van der Waals surface area contributed by atoms with Crippen LogP contribution in [0.15, 0.2) is 12.3 Å². The first-order valence-electron chi connectivity index (χ1n) is 5.75. The van der Waals surface area contributed by atoms with E-state index in [9.17, 15) is 0 Å². The molecule has 0 fully saturated rings. The maximum atomic E-state index is 5.41. The average Bonchev–Trinajstić information content (AvgIpc) is 2.27. The van der Waals surface area contributed by atoms with Crippen molar-refractivity contribution in [2.75, 3.05) is 6.61 Å². The maximum Gasteiger partial charge on any atom is 0.151 e. The van der Waals surface area contributed by atoms with Gasteiger partial charge in [-0.3, -0.25) is 0 Å². The highest BCUT2D eigenvalue weighted by molar-refractivity contribution is 5.40. The van der Waals surface area contributed by atoms with Crippen LogP contribution >= 0.6 is 0 Å². The van der Waals surface area contributed by atoms with Crippen molar-refractivity contribution in [2.45, 2.75) is 40.2 Å². The van der Waals surface area contributed by atoms with E-state index in [0.29, 0.717) is 19.1 Å². The monoisotopic (exact) mass is 220 g/mol. The average molecular weight is 220 g/mol. The largest absolute Gasteiger partial charge is 0.377 e. The van der Waals surface area contributed by atoms with E-state index in [4.69, 9.17) is 4.74 Å². The zero-order chi connectivity index (χ0) is 12.0. The van der Waals surface area contributed by atoms with Crippen LogP contribution in [-0.2, 0) is 11.3 Å². The second-order valence-corrected chi connectivity index (χ2v) is 3.93. The van der Waals surface area contributed by atoms with Gasteiger partial charge in [-0.1, -0.05) is 19.9 Å². The fourth-order valence-electron chi connectivity index (χ4n) is 1.49. The van der Waals surface area contributed by atoms with Gasteiger partial charge in [-0.2, -0.15) is 0 Å². The number of hydrogen-bond acceptors (Lipinski definition) is 3. The predicted molar refractivity (Wildman–Crippen MR) is 66.2 cm³/mol. The molecule has 1 aromatic rings. The molecule has 3 nitrogen and oxygen atoms in total. The quantitative estimate of drug-likeness (QED) is 0.764. The van der Waals surface area contributed by atoms with E-state index in [-0.39, 0.29) is 0 Å². The van der Waals surface area contributed by atoms with E-state index in [2.05, 4.69) is 23.8 Å². The number of nitrogens with zero attached hydrogens (tertiary/aromatic N) is 2. The zero-order valence-electron chi connectivity index (χ0n) is 10.5. The zero-order valence-corrected chi connectivity index (χ0v) is 10.5. The van der Waals surface area contributed by atoms with Gasteiger partial charge in [-0.25, -0.2) is 9.97 Å². The maximum absolute atomic E-state index is 5.41. The topological polar surface area (TPSA) is 35.0 Å². The molecule has 1 rings (SSSR count). The lowest BCUT2D eigenvalue weighted by molar-refractivity contribution is 0.132. The van der Waals surface area contributed by atoms with Crippen LogP contribution in [0.1, 0.15) is 50.7 Å². The Balaban J connectivity index is 2.99. The number of rotatable bonds is 5. The normalized spacial score (nSPS) is 11.6. The van der Waals surface area contributed by atoms with Crippen molar-refractivity contribution in [2.24, 2.45) is 0 Å². The summed E-state index contributed by atoms with van der Waals surface area (Å²) in [5, 5.41) is 0. The molecule has 0 aliphatic heterocycles. The molecule has 0 saturated heterocycles. The molecule has 1 heterocycles. The van der Waals surface area contributed by atoms with Crippen molar-refractivity contribution in [1.82, 2.24) is 9.97 Å². The second-order valence-electron chi connectivity index (χ2n) is 3.93. The Bertz CT molecular complexity index is 359. The van der Waals surface area contributed by atoms with E-state index in [1.807, 2.05) is 32.2 Å². The minimum Gasteiger partial charge on any atom is -0.377 e. The summed E-state index contributed by atoms with van der Waals surface area (Å²) in [5.41, 5.74) is 2.17. The summed E-state index contributed by atoms with van der Waals surface area (Å²) >= 11 is 0. The Labute approximate surface area is 97.6 Å². The van der Waals surface area contributed by atoms with E-state index in [1.165, 1.54) is 0 Å². The van der Waals surface area contributed by atoms with Crippen molar-refractivity contribution < 1.29 is 4.74 Å². The molecule has 0 aromatic carbocycles. The Morgan fingerprint density at radius 1 is 1.44 bits per heavy atom. The fraction of sp³-hybridized carbons (Fsp3) is 0.538. The number of aromatic nitrogens is 2. The molecule has 0 bridgehead atoms. The van der Waals surface area contributed by atoms with Gasteiger partial charge in [-0.15, -0.1) is 0 Å². The van der Waals surface area contributed by atoms with Crippen molar-refractivity contribution in [3.63, 3.8) is 0 Å². The SMILES string of the molecule is C/C=C\c1ncc(COCC)c(C(C)C)n1. The summed E-state index contributed by atoms with van der Waals surface area (Å²) < 4.78 is 5.41. The van der Waals surface area contributed by atoms with Crippen molar-refractivity contribution >= 4 is 6.08 Å². The highest BCUT2D eigenvalue weighted by atomic mass is 16.5. The van der Waals surface area contributed by atoms with E-state index in [1.54, 1.807) is 0 Å².